The first kappa shape index (κ1) is 14.9. The summed E-state index contributed by atoms with van der Waals surface area (Å²) in [5.41, 5.74) is 1.62. The van der Waals surface area contributed by atoms with Crippen molar-refractivity contribution in [3.05, 3.63) is 35.9 Å². The van der Waals surface area contributed by atoms with Gasteiger partial charge in [0.2, 0.25) is 0 Å². The molecule has 110 valence electrons. The Labute approximate surface area is 122 Å². The zero-order valence-corrected chi connectivity index (χ0v) is 12.4. The van der Waals surface area contributed by atoms with Gasteiger partial charge in [0.05, 0.1) is 7.11 Å². The Bertz CT molecular complexity index is 429. The molecule has 0 spiro atoms. The molecule has 3 heteroatoms. The van der Waals surface area contributed by atoms with Crippen LogP contribution in [0.15, 0.2) is 35.9 Å². The maximum Gasteiger partial charge on any atom is 0.161 e. The lowest BCUT2D eigenvalue weighted by molar-refractivity contribution is 0.292. The third-order valence-electron chi connectivity index (χ3n) is 3.61. The molecule has 2 rings (SSSR count). The Morgan fingerprint density at radius 2 is 1.95 bits per heavy atom. The Hall–Kier alpha value is -1.48. The molecule has 0 atom stereocenters. The summed E-state index contributed by atoms with van der Waals surface area (Å²) in [4.78, 5) is 0. The van der Waals surface area contributed by atoms with E-state index in [1.54, 1.807) is 12.7 Å². The highest BCUT2D eigenvalue weighted by Gasteiger charge is 2.03. The van der Waals surface area contributed by atoms with Crippen LogP contribution in [0.5, 0.6) is 11.5 Å². The van der Waals surface area contributed by atoms with Crippen molar-refractivity contribution in [2.24, 2.45) is 0 Å². The van der Waals surface area contributed by atoms with Gasteiger partial charge in [-0.25, -0.2) is 0 Å². The van der Waals surface area contributed by atoms with Gasteiger partial charge in [-0.15, -0.1) is 0 Å². The van der Waals surface area contributed by atoms with Crippen LogP contribution >= 0.6 is 0 Å². The highest BCUT2D eigenvalue weighted by molar-refractivity contribution is 5.39. The fourth-order valence-corrected chi connectivity index (χ4v) is 2.48. The highest BCUT2D eigenvalue weighted by atomic mass is 16.5. The predicted molar refractivity (Wildman–Crippen MR) is 82.5 cm³/mol. The quantitative estimate of drug-likeness (QED) is 0.581. The lowest BCUT2D eigenvalue weighted by Gasteiger charge is -2.13. The van der Waals surface area contributed by atoms with E-state index in [0.29, 0.717) is 6.61 Å². The molecule has 20 heavy (non-hydrogen) atoms. The van der Waals surface area contributed by atoms with Crippen molar-refractivity contribution in [1.29, 1.82) is 0 Å². The largest absolute Gasteiger partial charge is 0.493 e. The van der Waals surface area contributed by atoms with E-state index in [0.717, 1.165) is 24.6 Å². The zero-order chi connectivity index (χ0) is 14.0. The van der Waals surface area contributed by atoms with Crippen molar-refractivity contribution < 1.29 is 9.47 Å². The van der Waals surface area contributed by atoms with Gasteiger partial charge < -0.3 is 14.8 Å². The summed E-state index contributed by atoms with van der Waals surface area (Å²) in [7, 11) is 1.67. The second-order valence-corrected chi connectivity index (χ2v) is 5.11. The van der Waals surface area contributed by atoms with Crippen LogP contribution in [0.4, 0.5) is 0 Å². The molecule has 0 aliphatic heterocycles. The van der Waals surface area contributed by atoms with Gasteiger partial charge in [-0.3, -0.25) is 0 Å². The van der Waals surface area contributed by atoms with E-state index in [1.807, 2.05) is 24.3 Å². The number of para-hydroxylation sites is 2. The second-order valence-electron chi connectivity index (χ2n) is 5.11. The maximum atomic E-state index is 5.72. The van der Waals surface area contributed by atoms with Gasteiger partial charge in [-0.05, 0) is 50.8 Å². The van der Waals surface area contributed by atoms with Crippen LogP contribution in [-0.2, 0) is 0 Å². The summed E-state index contributed by atoms with van der Waals surface area (Å²) in [5.74, 6) is 1.60. The second kappa shape index (κ2) is 8.64. The van der Waals surface area contributed by atoms with Gasteiger partial charge in [0.1, 0.15) is 6.61 Å². The van der Waals surface area contributed by atoms with Crippen molar-refractivity contribution in [3.8, 4) is 11.5 Å². The first-order valence-corrected chi connectivity index (χ1v) is 7.54. The summed E-state index contributed by atoms with van der Waals surface area (Å²) in [6.07, 6.45) is 8.88. The minimum absolute atomic E-state index is 0.666. The number of rotatable bonds is 8. The average molecular weight is 275 g/mol. The van der Waals surface area contributed by atoms with E-state index in [9.17, 15) is 0 Å². The predicted octanol–water partition coefficient (Wildman–Crippen LogP) is 3.55. The Kier molecular flexibility index (Phi) is 6.45. The SMILES string of the molecule is COc1ccccc1OCCNCCC1=CCCCC1. The molecule has 0 heterocycles. The van der Waals surface area contributed by atoms with Crippen LogP contribution in [-0.4, -0.2) is 26.8 Å². The van der Waals surface area contributed by atoms with E-state index in [2.05, 4.69) is 11.4 Å². The molecule has 3 nitrogen and oxygen atoms in total. The van der Waals surface area contributed by atoms with Crippen LogP contribution in [0, 0.1) is 0 Å². The van der Waals surface area contributed by atoms with E-state index < -0.39 is 0 Å². The number of methoxy groups -OCH3 is 1. The molecule has 0 unspecified atom stereocenters. The number of allylic oxidation sites excluding steroid dienone is 1. The zero-order valence-electron chi connectivity index (χ0n) is 12.4. The lowest BCUT2D eigenvalue weighted by atomic mass is 9.97. The van der Waals surface area contributed by atoms with Gasteiger partial charge in [-0.1, -0.05) is 23.8 Å². The topological polar surface area (TPSA) is 30.5 Å². The van der Waals surface area contributed by atoms with Crippen molar-refractivity contribution in [2.75, 3.05) is 26.8 Å². The third-order valence-corrected chi connectivity index (χ3v) is 3.61. The molecule has 1 aromatic carbocycles. The fourth-order valence-electron chi connectivity index (χ4n) is 2.48. The van der Waals surface area contributed by atoms with Crippen LogP contribution in [0.1, 0.15) is 32.1 Å². The van der Waals surface area contributed by atoms with Gasteiger partial charge in [0, 0.05) is 6.54 Å². The summed E-state index contributed by atoms with van der Waals surface area (Å²) in [6.45, 7) is 2.58. The van der Waals surface area contributed by atoms with E-state index >= 15 is 0 Å². The molecule has 0 radical (unpaired) electrons. The Morgan fingerprint density at radius 3 is 2.70 bits per heavy atom. The van der Waals surface area contributed by atoms with Crippen molar-refractivity contribution in [3.63, 3.8) is 0 Å². The van der Waals surface area contributed by atoms with E-state index in [-0.39, 0.29) is 0 Å². The monoisotopic (exact) mass is 275 g/mol. The molecule has 1 aromatic rings. The van der Waals surface area contributed by atoms with Crippen LogP contribution in [0.2, 0.25) is 0 Å². The molecular weight excluding hydrogens is 250 g/mol. The van der Waals surface area contributed by atoms with Gasteiger partial charge in [0.25, 0.3) is 0 Å². The summed E-state index contributed by atoms with van der Waals surface area (Å²) < 4.78 is 11.0. The number of ether oxygens (including phenoxy) is 2. The minimum atomic E-state index is 0.666. The molecule has 1 aliphatic rings. The molecule has 0 aromatic heterocycles. The normalized spacial score (nSPS) is 14.8. The summed E-state index contributed by atoms with van der Waals surface area (Å²) >= 11 is 0. The van der Waals surface area contributed by atoms with Crippen molar-refractivity contribution in [1.82, 2.24) is 5.32 Å². The molecule has 0 saturated carbocycles. The molecule has 0 bridgehead atoms. The molecule has 0 amide bonds. The number of hydrogen-bond donors (Lipinski definition) is 1. The molecule has 1 N–H and O–H groups in total. The molecule has 0 saturated heterocycles. The van der Waals surface area contributed by atoms with E-state index in [1.165, 1.54) is 32.1 Å². The first-order valence-electron chi connectivity index (χ1n) is 7.54. The number of nitrogens with one attached hydrogen (secondary N) is 1. The first-order chi connectivity index (χ1) is 9.90. The Balaban J connectivity index is 1.58. The summed E-state index contributed by atoms with van der Waals surface area (Å²) in [5, 5.41) is 3.43. The van der Waals surface area contributed by atoms with Gasteiger partial charge in [0.15, 0.2) is 11.5 Å². The molecule has 1 aliphatic carbocycles. The average Bonchev–Trinajstić information content (AvgIpc) is 2.52. The third kappa shape index (κ3) is 4.89. The number of benzene rings is 1. The van der Waals surface area contributed by atoms with Crippen molar-refractivity contribution in [2.45, 2.75) is 32.1 Å². The molecule has 0 fully saturated rings. The smallest absolute Gasteiger partial charge is 0.161 e. The lowest BCUT2D eigenvalue weighted by Crippen LogP contribution is -2.22. The van der Waals surface area contributed by atoms with Crippen LogP contribution in [0.3, 0.4) is 0 Å². The van der Waals surface area contributed by atoms with E-state index in [4.69, 9.17) is 9.47 Å². The van der Waals surface area contributed by atoms with Gasteiger partial charge >= 0.3 is 0 Å². The van der Waals surface area contributed by atoms with Crippen LogP contribution < -0.4 is 14.8 Å². The minimum Gasteiger partial charge on any atom is -0.493 e. The number of hydrogen-bond acceptors (Lipinski definition) is 3. The standard InChI is InChI=1S/C17H25NO2/c1-19-16-9-5-6-10-17(16)20-14-13-18-12-11-15-7-3-2-4-8-15/h5-7,9-10,18H,2-4,8,11-14H2,1H3. The fraction of sp³-hybridized carbons (Fsp3) is 0.529. The Morgan fingerprint density at radius 1 is 1.10 bits per heavy atom. The molecular formula is C17H25NO2. The maximum absolute atomic E-state index is 5.72. The highest BCUT2D eigenvalue weighted by Crippen LogP contribution is 2.25. The van der Waals surface area contributed by atoms with Crippen molar-refractivity contribution >= 4 is 0 Å². The van der Waals surface area contributed by atoms with Crippen LogP contribution in [0.25, 0.3) is 0 Å². The summed E-state index contributed by atoms with van der Waals surface area (Å²) in [6, 6.07) is 7.76. The van der Waals surface area contributed by atoms with Gasteiger partial charge in [-0.2, -0.15) is 0 Å².